The van der Waals surface area contributed by atoms with Gasteiger partial charge in [0.1, 0.15) is 5.82 Å². The van der Waals surface area contributed by atoms with Crippen LogP contribution in [0.2, 0.25) is 0 Å². The summed E-state index contributed by atoms with van der Waals surface area (Å²) in [4.78, 5) is 24.9. The van der Waals surface area contributed by atoms with Gasteiger partial charge in [-0.05, 0) is 48.9 Å². The fourth-order valence-electron chi connectivity index (χ4n) is 2.44. The van der Waals surface area contributed by atoms with E-state index in [9.17, 15) is 14.0 Å². The van der Waals surface area contributed by atoms with Crippen LogP contribution in [0.15, 0.2) is 72.8 Å². The highest BCUT2D eigenvalue weighted by Crippen LogP contribution is 2.19. The highest BCUT2D eigenvalue weighted by atomic mass is 19.1. The number of para-hydroxylation sites is 1. The molecular formula is C21H17FN2O2. The van der Waals surface area contributed by atoms with Gasteiger partial charge in [0.05, 0.1) is 11.3 Å². The Kier molecular flexibility index (Phi) is 5.08. The molecule has 0 aliphatic rings. The van der Waals surface area contributed by atoms with Crippen molar-refractivity contribution in [3.05, 3.63) is 95.3 Å². The minimum absolute atomic E-state index is 0.290. The molecule has 0 aliphatic heterocycles. The van der Waals surface area contributed by atoms with Crippen molar-refractivity contribution in [1.29, 1.82) is 0 Å². The highest BCUT2D eigenvalue weighted by Gasteiger charge is 2.14. The Morgan fingerprint density at radius 2 is 1.50 bits per heavy atom. The van der Waals surface area contributed by atoms with Crippen molar-refractivity contribution in [2.75, 3.05) is 10.6 Å². The van der Waals surface area contributed by atoms with E-state index in [0.717, 1.165) is 0 Å². The summed E-state index contributed by atoms with van der Waals surface area (Å²) in [5.41, 5.74) is 2.01. The Bertz CT molecular complexity index is 955. The van der Waals surface area contributed by atoms with Crippen LogP contribution in [0.1, 0.15) is 26.3 Å². The third-order valence-electron chi connectivity index (χ3n) is 3.89. The topological polar surface area (TPSA) is 58.2 Å². The number of aryl methyl sites for hydroxylation is 1. The average Bonchev–Trinajstić information content (AvgIpc) is 2.66. The molecule has 3 aromatic rings. The molecule has 0 saturated carbocycles. The van der Waals surface area contributed by atoms with Gasteiger partial charge in [-0.25, -0.2) is 4.39 Å². The van der Waals surface area contributed by atoms with Crippen LogP contribution >= 0.6 is 0 Å². The molecule has 2 N–H and O–H groups in total. The standard InChI is InChI=1S/C21H17FN2O2/c1-14-11-12-16(13-18(14)22)23-21(26)17-9-5-6-10-19(17)24-20(25)15-7-3-2-4-8-15/h2-13H,1H3,(H,23,26)(H,24,25). The molecule has 0 spiro atoms. The molecule has 26 heavy (non-hydrogen) atoms. The van der Waals surface area contributed by atoms with Gasteiger partial charge in [-0.3, -0.25) is 9.59 Å². The fourth-order valence-corrected chi connectivity index (χ4v) is 2.44. The van der Waals surface area contributed by atoms with Crippen LogP contribution in [0.4, 0.5) is 15.8 Å². The zero-order valence-electron chi connectivity index (χ0n) is 14.1. The van der Waals surface area contributed by atoms with E-state index in [2.05, 4.69) is 10.6 Å². The molecule has 0 unspecified atom stereocenters. The number of benzene rings is 3. The lowest BCUT2D eigenvalue weighted by atomic mass is 10.1. The molecular weight excluding hydrogens is 331 g/mol. The Balaban J connectivity index is 1.81. The first-order valence-corrected chi connectivity index (χ1v) is 8.07. The summed E-state index contributed by atoms with van der Waals surface area (Å²) in [7, 11) is 0. The predicted octanol–water partition coefficient (Wildman–Crippen LogP) is 4.64. The molecule has 3 aromatic carbocycles. The zero-order valence-corrected chi connectivity index (χ0v) is 14.1. The summed E-state index contributed by atoms with van der Waals surface area (Å²) in [5, 5.41) is 5.39. The number of hydrogen-bond acceptors (Lipinski definition) is 2. The van der Waals surface area contributed by atoms with E-state index in [1.807, 2.05) is 6.07 Å². The van der Waals surface area contributed by atoms with Crippen molar-refractivity contribution in [2.24, 2.45) is 0 Å². The normalized spacial score (nSPS) is 10.2. The first-order valence-electron chi connectivity index (χ1n) is 8.07. The molecule has 3 rings (SSSR count). The van der Waals surface area contributed by atoms with Gasteiger partial charge in [0.25, 0.3) is 11.8 Å². The molecule has 0 bridgehead atoms. The molecule has 0 atom stereocenters. The van der Waals surface area contributed by atoms with Gasteiger partial charge in [-0.1, -0.05) is 36.4 Å². The number of amides is 2. The van der Waals surface area contributed by atoms with Crippen LogP contribution in [-0.2, 0) is 0 Å². The van der Waals surface area contributed by atoms with Crippen molar-refractivity contribution in [1.82, 2.24) is 0 Å². The number of carbonyl (C=O) groups excluding carboxylic acids is 2. The van der Waals surface area contributed by atoms with Crippen molar-refractivity contribution < 1.29 is 14.0 Å². The molecule has 2 amide bonds. The minimum Gasteiger partial charge on any atom is -0.322 e. The molecule has 0 radical (unpaired) electrons. The summed E-state index contributed by atoms with van der Waals surface area (Å²) in [5.74, 6) is -1.14. The Morgan fingerprint density at radius 3 is 2.23 bits per heavy atom. The Hall–Kier alpha value is -3.47. The largest absolute Gasteiger partial charge is 0.322 e. The van der Waals surface area contributed by atoms with Gasteiger partial charge in [0.2, 0.25) is 0 Å². The number of halogens is 1. The van der Waals surface area contributed by atoms with E-state index in [4.69, 9.17) is 0 Å². The first kappa shape index (κ1) is 17.4. The lowest BCUT2D eigenvalue weighted by Gasteiger charge is -2.12. The Morgan fingerprint density at radius 1 is 0.808 bits per heavy atom. The monoisotopic (exact) mass is 348 g/mol. The second kappa shape index (κ2) is 7.61. The van der Waals surface area contributed by atoms with E-state index >= 15 is 0 Å². The molecule has 130 valence electrons. The van der Waals surface area contributed by atoms with Crippen LogP contribution in [0.3, 0.4) is 0 Å². The summed E-state index contributed by atoms with van der Waals surface area (Å²) in [6.45, 7) is 1.65. The molecule has 4 nitrogen and oxygen atoms in total. The second-order valence-electron chi connectivity index (χ2n) is 5.78. The van der Waals surface area contributed by atoms with Gasteiger partial charge in [-0.15, -0.1) is 0 Å². The number of carbonyl (C=O) groups is 2. The van der Waals surface area contributed by atoms with Crippen molar-refractivity contribution in [3.8, 4) is 0 Å². The van der Waals surface area contributed by atoms with Crippen LogP contribution < -0.4 is 10.6 Å². The van der Waals surface area contributed by atoms with E-state index in [-0.39, 0.29) is 11.5 Å². The number of rotatable bonds is 4. The fraction of sp³-hybridized carbons (Fsp3) is 0.0476. The van der Waals surface area contributed by atoms with Crippen molar-refractivity contribution >= 4 is 23.2 Å². The molecule has 0 heterocycles. The molecule has 0 aliphatic carbocycles. The maximum atomic E-state index is 13.7. The van der Waals surface area contributed by atoms with Crippen LogP contribution in [0.5, 0.6) is 0 Å². The quantitative estimate of drug-likeness (QED) is 0.722. The first-order chi connectivity index (χ1) is 12.5. The van der Waals surface area contributed by atoms with Gasteiger partial charge >= 0.3 is 0 Å². The van der Waals surface area contributed by atoms with Gasteiger partial charge in [-0.2, -0.15) is 0 Å². The Labute approximate surface area is 150 Å². The van der Waals surface area contributed by atoms with E-state index < -0.39 is 11.7 Å². The third kappa shape index (κ3) is 3.95. The molecule has 0 fully saturated rings. The van der Waals surface area contributed by atoms with E-state index in [1.54, 1.807) is 67.6 Å². The lowest BCUT2D eigenvalue weighted by molar-refractivity contribution is 0.102. The summed E-state index contributed by atoms with van der Waals surface area (Å²) in [6.07, 6.45) is 0. The SMILES string of the molecule is Cc1ccc(NC(=O)c2ccccc2NC(=O)c2ccccc2)cc1F. The van der Waals surface area contributed by atoms with Crippen LogP contribution in [0, 0.1) is 12.7 Å². The molecule has 5 heteroatoms. The molecule has 0 saturated heterocycles. The van der Waals surface area contributed by atoms with Crippen molar-refractivity contribution in [2.45, 2.75) is 6.92 Å². The lowest BCUT2D eigenvalue weighted by Crippen LogP contribution is -2.18. The van der Waals surface area contributed by atoms with Crippen LogP contribution in [-0.4, -0.2) is 11.8 Å². The minimum atomic E-state index is -0.433. The summed E-state index contributed by atoms with van der Waals surface area (Å²) in [6, 6.07) is 19.9. The summed E-state index contributed by atoms with van der Waals surface area (Å²) < 4.78 is 13.7. The maximum absolute atomic E-state index is 13.7. The predicted molar refractivity (Wildman–Crippen MR) is 99.9 cm³/mol. The maximum Gasteiger partial charge on any atom is 0.257 e. The number of nitrogens with one attached hydrogen (secondary N) is 2. The van der Waals surface area contributed by atoms with E-state index in [1.165, 1.54) is 6.07 Å². The van der Waals surface area contributed by atoms with E-state index in [0.29, 0.717) is 22.5 Å². The second-order valence-corrected chi connectivity index (χ2v) is 5.78. The highest BCUT2D eigenvalue weighted by molar-refractivity contribution is 6.12. The molecule has 0 aromatic heterocycles. The zero-order chi connectivity index (χ0) is 18.5. The van der Waals surface area contributed by atoms with Gasteiger partial charge < -0.3 is 10.6 Å². The number of hydrogen-bond donors (Lipinski definition) is 2. The smallest absolute Gasteiger partial charge is 0.257 e. The third-order valence-corrected chi connectivity index (χ3v) is 3.89. The number of anilines is 2. The van der Waals surface area contributed by atoms with Gasteiger partial charge in [0.15, 0.2) is 0 Å². The van der Waals surface area contributed by atoms with Crippen LogP contribution in [0.25, 0.3) is 0 Å². The van der Waals surface area contributed by atoms with Crippen molar-refractivity contribution in [3.63, 3.8) is 0 Å². The van der Waals surface area contributed by atoms with Gasteiger partial charge in [0, 0.05) is 11.3 Å². The summed E-state index contributed by atoms with van der Waals surface area (Å²) >= 11 is 0. The average molecular weight is 348 g/mol.